The molecule has 0 amide bonds. The summed E-state index contributed by atoms with van der Waals surface area (Å²) in [5.41, 5.74) is 0. The lowest BCUT2D eigenvalue weighted by Crippen LogP contribution is -1.78. The van der Waals surface area contributed by atoms with E-state index in [0.717, 1.165) is 0 Å². The summed E-state index contributed by atoms with van der Waals surface area (Å²) in [7, 11) is 0. The van der Waals surface area contributed by atoms with Gasteiger partial charge >= 0.3 is 0 Å². The number of nitriles is 1. The molecule has 2 nitrogen and oxygen atoms in total. The Morgan fingerprint density at radius 2 is 0.933 bits per heavy atom. The second kappa shape index (κ2) is 7.27. The zero-order valence-electron chi connectivity index (χ0n) is 6.36. The lowest BCUT2D eigenvalue weighted by atomic mass is 10.3. The molecule has 0 unspecified atom stereocenters. The Labute approximate surface area is 113 Å². The Hall–Kier alpha value is -0.0400. The van der Waals surface area contributed by atoms with Crippen molar-refractivity contribution in [2.45, 2.75) is 7.43 Å². The van der Waals surface area contributed by atoms with Gasteiger partial charge in [-0.2, -0.15) is 0 Å². The first-order chi connectivity index (χ1) is 6.46. The molecule has 15 heavy (non-hydrogen) atoms. The Bertz CT molecular complexity index is 272. The van der Waals surface area contributed by atoms with Crippen molar-refractivity contribution in [1.82, 2.24) is 0 Å². The van der Waals surface area contributed by atoms with Crippen LogP contribution in [0.15, 0.2) is 0 Å². The summed E-state index contributed by atoms with van der Waals surface area (Å²) in [6.45, 7) is 3.50. The lowest BCUT2D eigenvalue weighted by Gasteiger charge is -2.06. The number of nitrogens with zero attached hydrogens (tertiary/aromatic N) is 1. The quantitative estimate of drug-likeness (QED) is 0.512. The Kier molecular flexibility index (Phi) is 8.41. The number of benzene rings is 1. The van der Waals surface area contributed by atoms with Crippen LogP contribution in [-0.2, 0) is 0 Å². The van der Waals surface area contributed by atoms with Crippen LogP contribution < -0.4 is 0 Å². The van der Waals surface area contributed by atoms with Gasteiger partial charge in [0.05, 0.1) is 15.1 Å². The predicted molar refractivity (Wildman–Crippen MR) is 66.6 cm³/mol. The molecule has 0 aliphatic rings. The first kappa shape index (κ1) is 17.4. The second-order valence-corrected chi connectivity index (χ2v) is 3.81. The van der Waals surface area contributed by atoms with Crippen molar-refractivity contribution < 1.29 is 5.11 Å². The van der Waals surface area contributed by atoms with Crippen LogP contribution in [0.4, 0.5) is 0 Å². The zero-order chi connectivity index (χ0) is 11.5. The molecule has 0 aliphatic heterocycles. The molecule has 84 valence electrons. The fourth-order valence-corrected chi connectivity index (χ4v) is 1.72. The van der Waals surface area contributed by atoms with E-state index in [9.17, 15) is 5.11 Å². The van der Waals surface area contributed by atoms with Gasteiger partial charge < -0.3 is 5.11 Å². The third kappa shape index (κ3) is 3.48. The van der Waals surface area contributed by atoms with Crippen molar-refractivity contribution in [2.75, 3.05) is 0 Å². The number of halogens is 5. The fraction of sp³-hybridized carbons (Fsp3) is 0.125. The third-order valence-electron chi connectivity index (χ3n) is 1.19. The molecule has 0 radical (unpaired) electrons. The van der Waals surface area contributed by atoms with Crippen LogP contribution in [0.2, 0.25) is 25.1 Å². The van der Waals surface area contributed by atoms with E-state index in [1.54, 1.807) is 0 Å². The number of phenolic OH excluding ortho intramolecular Hbond substituents is 1. The highest BCUT2D eigenvalue weighted by molar-refractivity contribution is 6.55. The maximum atomic E-state index is 9.20. The summed E-state index contributed by atoms with van der Waals surface area (Å²) in [5.74, 6) is -0.363. The molecule has 0 fully saturated rings. The molecule has 0 atom stereocenters. The van der Waals surface area contributed by atoms with Crippen molar-refractivity contribution >= 4 is 58.0 Å². The molecule has 1 rings (SSSR count). The van der Waals surface area contributed by atoms with E-state index in [1.165, 1.54) is 0 Å². The third-order valence-corrected chi connectivity index (χ3v) is 3.44. The van der Waals surface area contributed by atoms with E-state index in [1.807, 2.05) is 0 Å². The first-order valence-corrected chi connectivity index (χ1v) is 4.82. The minimum atomic E-state index is -0.363. The molecule has 0 aliphatic carbocycles. The van der Waals surface area contributed by atoms with Gasteiger partial charge in [-0.3, -0.25) is 0 Å². The lowest BCUT2D eigenvalue weighted by molar-refractivity contribution is 0.476. The SMILES string of the molecule is C.C#N.Oc1c(Cl)c(Cl)c(Cl)c(Cl)c1Cl. The number of aromatic hydroxyl groups is 1. The van der Waals surface area contributed by atoms with Crippen LogP contribution in [0.3, 0.4) is 0 Å². The molecule has 1 N–H and O–H groups in total. The van der Waals surface area contributed by atoms with Crippen molar-refractivity contribution in [3.05, 3.63) is 25.1 Å². The highest BCUT2D eigenvalue weighted by Crippen LogP contribution is 2.47. The van der Waals surface area contributed by atoms with E-state index >= 15 is 0 Å². The van der Waals surface area contributed by atoms with Gasteiger partial charge in [0.25, 0.3) is 0 Å². The van der Waals surface area contributed by atoms with Gasteiger partial charge in [-0.25, -0.2) is 5.26 Å². The van der Waals surface area contributed by atoms with Crippen molar-refractivity contribution in [1.29, 1.82) is 5.26 Å². The van der Waals surface area contributed by atoms with Crippen LogP contribution in [0.25, 0.3) is 0 Å². The predicted octanol–water partition coefficient (Wildman–Crippen LogP) is 5.44. The minimum Gasteiger partial charge on any atom is -0.505 e. The number of rotatable bonds is 0. The van der Waals surface area contributed by atoms with Gasteiger partial charge in [0.15, 0.2) is 5.75 Å². The van der Waals surface area contributed by atoms with Crippen LogP contribution in [0, 0.1) is 11.8 Å². The molecular formula is C8H6Cl5NO. The summed E-state index contributed by atoms with van der Waals surface area (Å²) in [6.07, 6.45) is 0. The molecule has 0 aromatic heterocycles. The molecule has 0 saturated carbocycles. The van der Waals surface area contributed by atoms with Crippen molar-refractivity contribution in [3.63, 3.8) is 0 Å². The largest absolute Gasteiger partial charge is 0.505 e. The van der Waals surface area contributed by atoms with Gasteiger partial charge in [-0.1, -0.05) is 65.4 Å². The molecule has 0 bridgehead atoms. The maximum absolute atomic E-state index is 9.20. The van der Waals surface area contributed by atoms with Crippen LogP contribution in [0.1, 0.15) is 7.43 Å². The van der Waals surface area contributed by atoms with Crippen LogP contribution >= 0.6 is 58.0 Å². The first-order valence-electron chi connectivity index (χ1n) is 2.93. The van der Waals surface area contributed by atoms with E-state index in [4.69, 9.17) is 63.3 Å². The van der Waals surface area contributed by atoms with Crippen LogP contribution in [-0.4, -0.2) is 5.11 Å². The van der Waals surface area contributed by atoms with E-state index < -0.39 is 0 Å². The molecular weight excluding hydrogens is 303 g/mol. The Morgan fingerprint density at radius 3 is 1.20 bits per heavy atom. The molecule has 0 heterocycles. The Balaban J connectivity index is 0. The molecule has 1 aromatic carbocycles. The van der Waals surface area contributed by atoms with Crippen molar-refractivity contribution in [3.8, 4) is 12.3 Å². The topological polar surface area (TPSA) is 44.0 Å². The summed E-state index contributed by atoms with van der Waals surface area (Å²) < 4.78 is 0. The van der Waals surface area contributed by atoms with Crippen LogP contribution in [0.5, 0.6) is 5.75 Å². The molecule has 0 spiro atoms. The van der Waals surface area contributed by atoms with Gasteiger partial charge in [-0.15, -0.1) is 0 Å². The molecule has 0 saturated heterocycles. The highest BCUT2D eigenvalue weighted by atomic mass is 35.5. The monoisotopic (exact) mass is 307 g/mol. The zero-order valence-corrected chi connectivity index (χ0v) is 10.1. The van der Waals surface area contributed by atoms with Gasteiger partial charge in [0.1, 0.15) is 10.0 Å². The molecule has 7 heteroatoms. The van der Waals surface area contributed by atoms with E-state index in [0.29, 0.717) is 0 Å². The molecule has 1 aromatic rings. The number of phenols is 1. The normalized spacial score (nSPS) is 8.47. The number of hydrogen-bond donors (Lipinski definition) is 1. The van der Waals surface area contributed by atoms with E-state index in [2.05, 4.69) is 6.57 Å². The highest BCUT2D eigenvalue weighted by Gasteiger charge is 2.17. The average molecular weight is 309 g/mol. The summed E-state index contributed by atoms with van der Waals surface area (Å²) in [6, 6.07) is 0. The standard InChI is InChI=1S/C6HCl5O.CHN.CH4/c7-1-2(8)4(10)6(12)5(11)3(1)9;1-2;/h12H;1H;1H4. The Morgan fingerprint density at radius 1 is 0.733 bits per heavy atom. The van der Waals surface area contributed by atoms with Crippen molar-refractivity contribution in [2.24, 2.45) is 0 Å². The summed E-state index contributed by atoms with van der Waals surface area (Å²) in [4.78, 5) is 0. The maximum Gasteiger partial charge on any atom is 0.155 e. The van der Waals surface area contributed by atoms with Gasteiger partial charge in [0.2, 0.25) is 0 Å². The minimum absolute atomic E-state index is 0. The fourth-order valence-electron chi connectivity index (χ4n) is 0.593. The smallest absolute Gasteiger partial charge is 0.155 e. The summed E-state index contributed by atoms with van der Waals surface area (Å²) >= 11 is 27.9. The number of hydrogen-bond acceptors (Lipinski definition) is 2. The average Bonchev–Trinajstić information content (AvgIpc) is 2.24. The second-order valence-electron chi connectivity index (χ2n) is 1.92. The van der Waals surface area contributed by atoms with E-state index in [-0.39, 0.29) is 38.3 Å². The summed E-state index contributed by atoms with van der Waals surface area (Å²) in [5, 5.41) is 15.5. The van der Waals surface area contributed by atoms with Gasteiger partial charge in [-0.05, 0) is 0 Å². The van der Waals surface area contributed by atoms with Gasteiger partial charge in [0, 0.05) is 6.57 Å².